The summed E-state index contributed by atoms with van der Waals surface area (Å²) in [6.45, 7) is 2.04. The van der Waals surface area contributed by atoms with Gasteiger partial charge in [-0.05, 0) is 48.9 Å². The lowest BCUT2D eigenvalue weighted by atomic mass is 10.1. The number of carbonyl (C=O) groups is 1. The number of H-pyrrole nitrogens is 1. The summed E-state index contributed by atoms with van der Waals surface area (Å²) < 4.78 is 0. The highest BCUT2D eigenvalue weighted by atomic mass is 32.1. The molecular formula is C30H25N7OS. The van der Waals surface area contributed by atoms with Gasteiger partial charge in [0.15, 0.2) is 5.82 Å². The van der Waals surface area contributed by atoms with E-state index in [1.165, 1.54) is 0 Å². The van der Waals surface area contributed by atoms with Crippen LogP contribution in [-0.2, 0) is 6.42 Å². The van der Waals surface area contributed by atoms with Crippen molar-refractivity contribution in [3.63, 3.8) is 0 Å². The maximum absolute atomic E-state index is 13.1. The predicted molar refractivity (Wildman–Crippen MR) is 158 cm³/mol. The minimum atomic E-state index is -0.0816. The summed E-state index contributed by atoms with van der Waals surface area (Å²) in [5.41, 5.74) is 8.70. The van der Waals surface area contributed by atoms with E-state index < -0.39 is 0 Å². The van der Waals surface area contributed by atoms with Gasteiger partial charge in [0.25, 0.3) is 5.91 Å². The molecule has 1 amide bonds. The minimum Gasteiger partial charge on any atom is -0.358 e. The number of hydrazone groups is 1. The van der Waals surface area contributed by atoms with Crippen LogP contribution in [0.3, 0.4) is 0 Å². The van der Waals surface area contributed by atoms with E-state index in [1.54, 1.807) is 42.0 Å². The van der Waals surface area contributed by atoms with Crippen molar-refractivity contribution in [1.82, 2.24) is 19.9 Å². The number of rotatable bonds is 7. The molecule has 0 aliphatic heterocycles. The molecule has 0 unspecified atom stereocenters. The normalized spacial score (nSPS) is 11.4. The number of nitrogens with zero attached hydrogens (tertiary/aromatic N) is 5. The van der Waals surface area contributed by atoms with Gasteiger partial charge in [-0.3, -0.25) is 15.2 Å². The highest BCUT2D eigenvalue weighted by Gasteiger charge is 2.15. The van der Waals surface area contributed by atoms with Crippen molar-refractivity contribution in [3.8, 4) is 0 Å². The number of aromatic amines is 1. The molecule has 0 fully saturated rings. The number of hydrogen-bond donors (Lipinski definition) is 2. The average molecular weight is 532 g/mol. The summed E-state index contributed by atoms with van der Waals surface area (Å²) in [6, 6.07) is 21.7. The van der Waals surface area contributed by atoms with Gasteiger partial charge < -0.3 is 9.88 Å². The van der Waals surface area contributed by atoms with E-state index in [0.29, 0.717) is 17.8 Å². The molecule has 0 saturated heterocycles. The standard InChI is InChI=1S/C30H25N7OS/c1-19-26(24-10-3-4-11-27(24)35-19)17-34-36-28-25-15-23(39-29(25)33-18-32-28)14-20-7-5-8-21(13-20)30(38)37(2)22-9-6-12-31-16-22/h3-13,15-18,35H,14H2,1-2H3,(H,32,33,36)/b34-17-. The third-order valence-electron chi connectivity index (χ3n) is 6.58. The lowest BCUT2D eigenvalue weighted by Gasteiger charge is -2.17. The van der Waals surface area contributed by atoms with Crippen molar-refractivity contribution in [2.45, 2.75) is 13.3 Å². The Balaban J connectivity index is 1.21. The smallest absolute Gasteiger partial charge is 0.258 e. The maximum atomic E-state index is 13.1. The van der Waals surface area contributed by atoms with E-state index in [0.717, 1.165) is 48.5 Å². The Kier molecular flexibility index (Phi) is 6.56. The molecule has 4 aromatic heterocycles. The summed E-state index contributed by atoms with van der Waals surface area (Å²) in [7, 11) is 1.76. The lowest BCUT2D eigenvalue weighted by Crippen LogP contribution is -2.26. The van der Waals surface area contributed by atoms with Crippen molar-refractivity contribution in [3.05, 3.63) is 113 Å². The topological polar surface area (TPSA) is 99.2 Å². The third-order valence-corrected chi connectivity index (χ3v) is 7.62. The zero-order chi connectivity index (χ0) is 26.8. The van der Waals surface area contributed by atoms with Gasteiger partial charge in [0.2, 0.25) is 0 Å². The molecule has 8 nitrogen and oxygen atoms in total. The first-order chi connectivity index (χ1) is 19.1. The molecule has 0 aliphatic carbocycles. The number of benzene rings is 2. The number of amides is 1. The number of hydrogen-bond acceptors (Lipinski definition) is 7. The van der Waals surface area contributed by atoms with Crippen molar-refractivity contribution >= 4 is 56.1 Å². The second-order valence-electron chi connectivity index (χ2n) is 9.19. The predicted octanol–water partition coefficient (Wildman–Crippen LogP) is 6.19. The van der Waals surface area contributed by atoms with Gasteiger partial charge in [-0.25, -0.2) is 9.97 Å². The van der Waals surface area contributed by atoms with Crippen LogP contribution in [0.1, 0.15) is 32.1 Å². The van der Waals surface area contributed by atoms with Crippen LogP contribution >= 0.6 is 11.3 Å². The van der Waals surface area contributed by atoms with Crippen LogP contribution in [0, 0.1) is 6.92 Å². The van der Waals surface area contributed by atoms with Crippen molar-refractivity contribution < 1.29 is 4.79 Å². The number of pyridine rings is 1. The molecule has 0 saturated carbocycles. The molecular weight excluding hydrogens is 506 g/mol. The van der Waals surface area contributed by atoms with Crippen LogP contribution in [0.25, 0.3) is 21.1 Å². The first kappa shape index (κ1) is 24.4. The molecule has 4 heterocycles. The Morgan fingerprint density at radius 1 is 1.08 bits per heavy atom. The molecule has 0 atom stereocenters. The van der Waals surface area contributed by atoms with E-state index in [4.69, 9.17) is 0 Å². The number of nitrogens with one attached hydrogen (secondary N) is 2. The third kappa shape index (κ3) is 4.99. The molecule has 39 heavy (non-hydrogen) atoms. The van der Waals surface area contributed by atoms with Gasteiger partial charge in [0.05, 0.1) is 23.5 Å². The molecule has 0 radical (unpaired) electrons. The molecule has 6 aromatic rings. The van der Waals surface area contributed by atoms with Crippen molar-refractivity contribution in [2.75, 3.05) is 17.4 Å². The van der Waals surface area contributed by atoms with Gasteiger partial charge in [0.1, 0.15) is 11.2 Å². The first-order valence-electron chi connectivity index (χ1n) is 12.4. The van der Waals surface area contributed by atoms with Crippen LogP contribution in [0.2, 0.25) is 0 Å². The zero-order valence-corrected chi connectivity index (χ0v) is 22.2. The minimum absolute atomic E-state index is 0.0816. The number of aromatic nitrogens is 4. The fourth-order valence-electron chi connectivity index (χ4n) is 4.58. The summed E-state index contributed by atoms with van der Waals surface area (Å²) in [5, 5.41) is 6.52. The Morgan fingerprint density at radius 3 is 2.85 bits per heavy atom. The fourth-order valence-corrected chi connectivity index (χ4v) is 5.61. The SMILES string of the molecule is Cc1[nH]c2ccccc2c1/C=N\Nc1ncnc2sc(Cc3cccc(C(=O)N(C)c4cccnc4)c3)cc12. The highest BCUT2D eigenvalue weighted by molar-refractivity contribution is 7.18. The van der Waals surface area contributed by atoms with Crippen LogP contribution in [0.4, 0.5) is 11.5 Å². The number of fused-ring (bicyclic) bond motifs is 2. The molecule has 0 bridgehead atoms. The maximum Gasteiger partial charge on any atom is 0.258 e. The Labute approximate surface area is 229 Å². The molecule has 2 aromatic carbocycles. The van der Waals surface area contributed by atoms with Gasteiger partial charge in [-0.1, -0.05) is 30.3 Å². The van der Waals surface area contributed by atoms with E-state index in [1.807, 2.05) is 61.7 Å². The van der Waals surface area contributed by atoms with Crippen LogP contribution in [0.5, 0.6) is 0 Å². The zero-order valence-electron chi connectivity index (χ0n) is 21.4. The van der Waals surface area contributed by atoms with Gasteiger partial charge in [0, 0.05) is 52.3 Å². The van der Waals surface area contributed by atoms with E-state index in [2.05, 4.69) is 48.7 Å². The summed E-state index contributed by atoms with van der Waals surface area (Å²) in [4.78, 5) is 33.1. The van der Waals surface area contributed by atoms with Gasteiger partial charge >= 0.3 is 0 Å². The molecule has 6 rings (SSSR count). The second-order valence-corrected chi connectivity index (χ2v) is 10.3. The lowest BCUT2D eigenvalue weighted by molar-refractivity contribution is 0.0993. The molecule has 2 N–H and O–H groups in total. The summed E-state index contributed by atoms with van der Waals surface area (Å²) in [6.07, 6.45) is 7.41. The largest absolute Gasteiger partial charge is 0.358 e. The van der Waals surface area contributed by atoms with E-state index in [-0.39, 0.29) is 5.91 Å². The number of carbonyl (C=O) groups excluding carboxylic acids is 1. The number of para-hydroxylation sites is 1. The average Bonchev–Trinajstić information content (AvgIpc) is 3.53. The number of thiophene rings is 1. The monoisotopic (exact) mass is 531 g/mol. The molecule has 192 valence electrons. The summed E-state index contributed by atoms with van der Waals surface area (Å²) in [5.74, 6) is 0.570. The first-order valence-corrected chi connectivity index (χ1v) is 13.3. The fraction of sp³-hybridized carbons (Fsp3) is 0.100. The van der Waals surface area contributed by atoms with Crippen LogP contribution in [-0.4, -0.2) is 39.1 Å². The van der Waals surface area contributed by atoms with Crippen molar-refractivity contribution in [2.24, 2.45) is 5.10 Å². The Bertz CT molecular complexity index is 1820. The van der Waals surface area contributed by atoms with Crippen LogP contribution < -0.4 is 10.3 Å². The van der Waals surface area contributed by atoms with Gasteiger partial charge in [-0.15, -0.1) is 11.3 Å². The Morgan fingerprint density at radius 2 is 1.97 bits per heavy atom. The van der Waals surface area contributed by atoms with Crippen LogP contribution in [0.15, 0.2) is 90.6 Å². The summed E-state index contributed by atoms with van der Waals surface area (Å²) >= 11 is 1.61. The van der Waals surface area contributed by atoms with E-state index in [9.17, 15) is 4.79 Å². The number of aryl methyl sites for hydroxylation is 1. The number of anilines is 2. The highest BCUT2D eigenvalue weighted by Crippen LogP contribution is 2.30. The second kappa shape index (κ2) is 10.5. The molecule has 0 spiro atoms. The Hall–Kier alpha value is -4.89. The van der Waals surface area contributed by atoms with Crippen molar-refractivity contribution in [1.29, 1.82) is 0 Å². The molecule has 9 heteroatoms. The van der Waals surface area contributed by atoms with Gasteiger partial charge in [-0.2, -0.15) is 5.10 Å². The quantitative estimate of drug-likeness (QED) is 0.189. The van der Waals surface area contributed by atoms with E-state index >= 15 is 0 Å². The molecule has 0 aliphatic rings.